The van der Waals surface area contributed by atoms with Crippen LogP contribution >= 0.6 is 0 Å². The molecule has 1 aromatic rings. The molecule has 0 saturated heterocycles. The minimum atomic E-state index is 0.441. The van der Waals surface area contributed by atoms with Gasteiger partial charge in [0.05, 0.1) is 6.61 Å². The van der Waals surface area contributed by atoms with Crippen molar-refractivity contribution in [3.8, 4) is 5.75 Å². The number of para-hydroxylation sites is 1. The van der Waals surface area contributed by atoms with Crippen molar-refractivity contribution in [3.05, 3.63) is 29.8 Å². The monoisotopic (exact) mass is 274 g/mol. The Morgan fingerprint density at radius 2 is 2.15 bits per heavy atom. The van der Waals surface area contributed by atoms with E-state index in [-0.39, 0.29) is 0 Å². The lowest BCUT2D eigenvalue weighted by Crippen LogP contribution is -2.41. The smallest absolute Gasteiger partial charge is 0.122 e. The highest BCUT2D eigenvalue weighted by atomic mass is 16.5. The fourth-order valence-corrected chi connectivity index (χ4v) is 3.98. The first-order valence-electron chi connectivity index (χ1n) is 7.95. The van der Waals surface area contributed by atoms with Crippen molar-refractivity contribution >= 4 is 0 Å². The third kappa shape index (κ3) is 2.84. The molecule has 1 heterocycles. The van der Waals surface area contributed by atoms with Crippen LogP contribution in [0.4, 0.5) is 0 Å². The number of nitrogens with one attached hydrogen (secondary N) is 1. The predicted molar refractivity (Wildman–Crippen MR) is 81.5 cm³/mol. The van der Waals surface area contributed by atoms with Crippen LogP contribution < -0.4 is 16.0 Å². The predicted octanol–water partition coefficient (Wildman–Crippen LogP) is 3.21. The fraction of sp³-hybridized carbons (Fsp3) is 0.647. The molecule has 20 heavy (non-hydrogen) atoms. The van der Waals surface area contributed by atoms with E-state index in [0.29, 0.717) is 12.0 Å². The highest BCUT2D eigenvalue weighted by Gasteiger charge is 2.31. The maximum Gasteiger partial charge on any atom is 0.122 e. The topological polar surface area (TPSA) is 47.3 Å². The minimum absolute atomic E-state index is 0.441. The maximum absolute atomic E-state index is 5.85. The van der Waals surface area contributed by atoms with Gasteiger partial charge in [-0.3, -0.25) is 11.3 Å². The van der Waals surface area contributed by atoms with Crippen molar-refractivity contribution < 1.29 is 4.74 Å². The van der Waals surface area contributed by atoms with E-state index in [9.17, 15) is 0 Å². The highest BCUT2D eigenvalue weighted by Crippen LogP contribution is 2.40. The van der Waals surface area contributed by atoms with Crippen LogP contribution in [-0.4, -0.2) is 12.6 Å². The summed E-state index contributed by atoms with van der Waals surface area (Å²) in [5.74, 6) is 9.10. The molecule has 3 rings (SSSR count). The molecule has 1 aliphatic carbocycles. The van der Waals surface area contributed by atoms with Crippen LogP contribution in [0.5, 0.6) is 5.75 Å². The molecular weight excluding hydrogens is 248 g/mol. The Hall–Kier alpha value is -1.06. The van der Waals surface area contributed by atoms with E-state index in [1.54, 1.807) is 0 Å². The molecule has 0 amide bonds. The minimum Gasteiger partial charge on any atom is -0.493 e. The SMILES string of the molecule is CC1CCC(C(CC2CCOc3ccccc32)NN)C1. The maximum atomic E-state index is 5.85. The Morgan fingerprint density at radius 3 is 2.90 bits per heavy atom. The van der Waals surface area contributed by atoms with Gasteiger partial charge in [0.1, 0.15) is 5.75 Å². The molecule has 4 atom stereocenters. The number of hydrazine groups is 1. The lowest BCUT2D eigenvalue weighted by atomic mass is 9.83. The summed E-state index contributed by atoms with van der Waals surface area (Å²) < 4.78 is 5.76. The van der Waals surface area contributed by atoms with E-state index < -0.39 is 0 Å². The summed E-state index contributed by atoms with van der Waals surface area (Å²) in [4.78, 5) is 0. The van der Waals surface area contributed by atoms with Crippen LogP contribution in [-0.2, 0) is 0 Å². The van der Waals surface area contributed by atoms with Gasteiger partial charge in [0, 0.05) is 6.04 Å². The third-order valence-corrected chi connectivity index (χ3v) is 5.14. The van der Waals surface area contributed by atoms with E-state index >= 15 is 0 Å². The van der Waals surface area contributed by atoms with Gasteiger partial charge in [0.2, 0.25) is 0 Å². The summed E-state index contributed by atoms with van der Waals surface area (Å²) in [5.41, 5.74) is 4.47. The molecule has 0 aromatic heterocycles. The van der Waals surface area contributed by atoms with Gasteiger partial charge in [-0.25, -0.2) is 0 Å². The van der Waals surface area contributed by atoms with Gasteiger partial charge in [-0.1, -0.05) is 31.5 Å². The second kappa shape index (κ2) is 6.15. The zero-order valence-electron chi connectivity index (χ0n) is 12.3. The molecule has 1 aliphatic heterocycles. The van der Waals surface area contributed by atoms with Crippen LogP contribution in [0.1, 0.15) is 50.5 Å². The third-order valence-electron chi connectivity index (χ3n) is 5.14. The van der Waals surface area contributed by atoms with Crippen LogP contribution in [0.3, 0.4) is 0 Å². The number of fused-ring (bicyclic) bond motifs is 1. The summed E-state index contributed by atoms with van der Waals surface area (Å²) in [5, 5.41) is 0. The van der Waals surface area contributed by atoms with Crippen molar-refractivity contribution in [2.75, 3.05) is 6.61 Å². The number of rotatable bonds is 4. The molecule has 110 valence electrons. The van der Waals surface area contributed by atoms with Crippen LogP contribution in [0.25, 0.3) is 0 Å². The fourth-order valence-electron chi connectivity index (χ4n) is 3.98. The molecule has 0 bridgehead atoms. The second-order valence-electron chi connectivity index (χ2n) is 6.56. The first kappa shape index (κ1) is 13.9. The number of nitrogens with two attached hydrogens (primary N) is 1. The molecule has 1 aromatic carbocycles. The van der Waals surface area contributed by atoms with Crippen LogP contribution in [0.15, 0.2) is 24.3 Å². The normalized spacial score (nSPS) is 30.6. The van der Waals surface area contributed by atoms with Crippen molar-refractivity contribution in [1.82, 2.24) is 5.43 Å². The van der Waals surface area contributed by atoms with Crippen molar-refractivity contribution in [2.24, 2.45) is 17.7 Å². The van der Waals surface area contributed by atoms with E-state index in [0.717, 1.165) is 37.0 Å². The van der Waals surface area contributed by atoms with Crippen molar-refractivity contribution in [3.63, 3.8) is 0 Å². The zero-order valence-corrected chi connectivity index (χ0v) is 12.3. The standard InChI is InChI=1S/C17H26N2O/c1-12-6-7-14(10-12)16(19-18)11-13-8-9-20-17-5-3-2-4-15(13)17/h2-5,12-14,16,19H,6-11,18H2,1H3. The average molecular weight is 274 g/mol. The molecule has 3 nitrogen and oxygen atoms in total. The summed E-state index contributed by atoms with van der Waals surface area (Å²) in [6.45, 7) is 3.19. The zero-order chi connectivity index (χ0) is 13.9. The molecule has 3 heteroatoms. The summed E-state index contributed by atoms with van der Waals surface area (Å²) in [6, 6.07) is 8.91. The molecule has 0 radical (unpaired) electrons. The van der Waals surface area contributed by atoms with E-state index in [4.69, 9.17) is 10.6 Å². The van der Waals surface area contributed by atoms with Gasteiger partial charge < -0.3 is 4.74 Å². The van der Waals surface area contributed by atoms with Gasteiger partial charge >= 0.3 is 0 Å². The van der Waals surface area contributed by atoms with Gasteiger partial charge in [0.15, 0.2) is 0 Å². The Labute approximate surface area is 121 Å². The van der Waals surface area contributed by atoms with E-state index in [2.05, 4.69) is 36.6 Å². The lowest BCUT2D eigenvalue weighted by Gasteiger charge is -2.31. The average Bonchev–Trinajstić information content (AvgIpc) is 2.91. The van der Waals surface area contributed by atoms with Crippen LogP contribution in [0.2, 0.25) is 0 Å². The van der Waals surface area contributed by atoms with Crippen molar-refractivity contribution in [2.45, 2.75) is 51.0 Å². The Bertz CT molecular complexity index is 448. The first-order chi connectivity index (χ1) is 9.78. The molecule has 3 N–H and O–H groups in total. The Morgan fingerprint density at radius 1 is 1.30 bits per heavy atom. The van der Waals surface area contributed by atoms with Crippen LogP contribution in [0, 0.1) is 11.8 Å². The van der Waals surface area contributed by atoms with Crippen molar-refractivity contribution in [1.29, 1.82) is 0 Å². The van der Waals surface area contributed by atoms with E-state index in [1.807, 2.05) is 0 Å². The number of hydrogen-bond donors (Lipinski definition) is 2. The van der Waals surface area contributed by atoms with E-state index in [1.165, 1.54) is 24.8 Å². The molecule has 4 unspecified atom stereocenters. The summed E-state index contributed by atoms with van der Waals surface area (Å²) in [6.07, 6.45) is 6.24. The second-order valence-corrected chi connectivity index (χ2v) is 6.56. The molecule has 0 spiro atoms. The van der Waals surface area contributed by atoms with Gasteiger partial charge in [-0.2, -0.15) is 0 Å². The Balaban J connectivity index is 1.70. The number of ether oxygens (including phenoxy) is 1. The van der Waals surface area contributed by atoms with Gasteiger partial charge in [-0.15, -0.1) is 0 Å². The largest absolute Gasteiger partial charge is 0.493 e. The molecule has 1 fully saturated rings. The summed E-state index contributed by atoms with van der Waals surface area (Å²) >= 11 is 0. The highest BCUT2D eigenvalue weighted by molar-refractivity contribution is 5.37. The first-order valence-corrected chi connectivity index (χ1v) is 7.95. The molecule has 1 saturated carbocycles. The number of benzene rings is 1. The lowest BCUT2D eigenvalue weighted by molar-refractivity contribution is 0.239. The van der Waals surface area contributed by atoms with Gasteiger partial charge in [0.25, 0.3) is 0 Å². The molecular formula is C17H26N2O. The molecule has 2 aliphatic rings. The Kier molecular flexibility index (Phi) is 4.27. The quantitative estimate of drug-likeness (QED) is 0.654. The number of hydrogen-bond acceptors (Lipinski definition) is 3. The van der Waals surface area contributed by atoms with Gasteiger partial charge in [-0.05, 0) is 55.1 Å². The summed E-state index contributed by atoms with van der Waals surface area (Å²) in [7, 11) is 0.